The fraction of sp³-hybridized carbons (Fsp3) is 0.368. The summed E-state index contributed by atoms with van der Waals surface area (Å²) >= 11 is 0. The zero-order chi connectivity index (χ0) is 17.5. The second kappa shape index (κ2) is 6.09. The molecule has 1 aliphatic carbocycles. The molecule has 2 fully saturated rings. The molecule has 7 heteroatoms. The Bertz CT molecular complexity index is 960. The first-order valence-electron chi connectivity index (χ1n) is 9.13. The van der Waals surface area contributed by atoms with Crippen LogP contribution in [-0.4, -0.2) is 32.3 Å². The molecule has 0 spiro atoms. The van der Waals surface area contributed by atoms with Gasteiger partial charge in [0.05, 0.1) is 0 Å². The van der Waals surface area contributed by atoms with E-state index in [1.807, 2.05) is 33.7 Å². The molecule has 1 saturated heterocycles. The van der Waals surface area contributed by atoms with Gasteiger partial charge in [-0.05, 0) is 49.1 Å². The van der Waals surface area contributed by atoms with E-state index in [4.69, 9.17) is 0 Å². The van der Waals surface area contributed by atoms with Crippen molar-refractivity contribution in [2.24, 2.45) is 0 Å². The van der Waals surface area contributed by atoms with E-state index in [-0.39, 0.29) is 5.91 Å². The summed E-state index contributed by atoms with van der Waals surface area (Å²) in [5.74, 6) is 2.49. The van der Waals surface area contributed by atoms with E-state index in [2.05, 4.69) is 32.7 Å². The number of fused-ring (bicyclic) bond motifs is 1. The van der Waals surface area contributed by atoms with Crippen LogP contribution < -0.4 is 10.2 Å². The topological polar surface area (TPSA) is 75.4 Å². The van der Waals surface area contributed by atoms with Gasteiger partial charge in [-0.15, -0.1) is 15.3 Å². The second-order valence-electron chi connectivity index (χ2n) is 6.99. The Kier molecular flexibility index (Phi) is 3.58. The van der Waals surface area contributed by atoms with Gasteiger partial charge in [-0.25, -0.2) is 0 Å². The van der Waals surface area contributed by atoms with Crippen LogP contribution in [0.2, 0.25) is 0 Å². The van der Waals surface area contributed by atoms with E-state index < -0.39 is 0 Å². The predicted octanol–water partition coefficient (Wildman–Crippen LogP) is 2.74. The Hall–Kier alpha value is -2.96. The zero-order valence-electron chi connectivity index (χ0n) is 14.4. The van der Waals surface area contributed by atoms with Crippen molar-refractivity contribution in [3.05, 3.63) is 47.8 Å². The minimum absolute atomic E-state index is 0.216. The highest BCUT2D eigenvalue weighted by Gasteiger charge is 2.29. The van der Waals surface area contributed by atoms with Crippen LogP contribution in [0.15, 0.2) is 36.4 Å². The van der Waals surface area contributed by atoms with Crippen molar-refractivity contribution in [3.63, 3.8) is 0 Å². The van der Waals surface area contributed by atoms with Crippen LogP contribution in [0.5, 0.6) is 0 Å². The van der Waals surface area contributed by atoms with Crippen molar-refractivity contribution < 1.29 is 4.79 Å². The summed E-state index contributed by atoms with van der Waals surface area (Å²) < 4.78 is 1.85. The molecule has 1 saturated carbocycles. The van der Waals surface area contributed by atoms with Crippen LogP contribution in [-0.2, 0) is 11.3 Å². The quantitative estimate of drug-likeness (QED) is 0.767. The van der Waals surface area contributed by atoms with E-state index in [1.165, 1.54) is 12.8 Å². The minimum Gasteiger partial charge on any atom is -0.365 e. The van der Waals surface area contributed by atoms with E-state index in [0.29, 0.717) is 18.9 Å². The standard InChI is InChI=1S/C19H20N6O/c26-18-2-1-11-24(18)15-7-3-13(4-8-15)12-20-16-9-10-17-21-22-19(14-5-6-14)25(17)23-16/h3-4,7-10,14H,1-2,5-6,11-12H2,(H,20,23). The van der Waals surface area contributed by atoms with Crippen molar-refractivity contribution in [2.45, 2.75) is 38.1 Å². The van der Waals surface area contributed by atoms with Gasteiger partial charge in [0.2, 0.25) is 5.91 Å². The number of nitrogens with zero attached hydrogens (tertiary/aromatic N) is 5. The molecule has 2 aliphatic rings. The van der Waals surface area contributed by atoms with Gasteiger partial charge in [-0.3, -0.25) is 4.79 Å². The summed E-state index contributed by atoms with van der Waals surface area (Å²) in [5, 5.41) is 16.4. The maximum absolute atomic E-state index is 11.8. The van der Waals surface area contributed by atoms with Crippen LogP contribution in [0.1, 0.15) is 43.0 Å². The number of carbonyl (C=O) groups is 1. The summed E-state index contributed by atoms with van der Waals surface area (Å²) in [6.45, 7) is 1.50. The molecule has 3 heterocycles. The van der Waals surface area contributed by atoms with Gasteiger partial charge in [0.15, 0.2) is 11.5 Å². The molecule has 1 aliphatic heterocycles. The molecule has 7 nitrogen and oxygen atoms in total. The van der Waals surface area contributed by atoms with E-state index in [1.54, 1.807) is 0 Å². The molecule has 0 bridgehead atoms. The third-order valence-corrected chi connectivity index (χ3v) is 5.02. The molecule has 5 rings (SSSR count). The van der Waals surface area contributed by atoms with Gasteiger partial charge >= 0.3 is 0 Å². The molecule has 3 aromatic rings. The zero-order valence-corrected chi connectivity index (χ0v) is 14.4. The predicted molar refractivity (Wildman–Crippen MR) is 98.1 cm³/mol. The molecular formula is C19H20N6O. The van der Waals surface area contributed by atoms with Gasteiger partial charge in [0.25, 0.3) is 0 Å². The number of nitrogens with one attached hydrogen (secondary N) is 1. The van der Waals surface area contributed by atoms with E-state index in [0.717, 1.165) is 41.5 Å². The number of rotatable bonds is 5. The van der Waals surface area contributed by atoms with Gasteiger partial charge in [0, 0.05) is 31.1 Å². The maximum atomic E-state index is 11.8. The lowest BCUT2D eigenvalue weighted by molar-refractivity contribution is -0.117. The Morgan fingerprint density at radius 3 is 2.65 bits per heavy atom. The smallest absolute Gasteiger partial charge is 0.227 e. The molecule has 132 valence electrons. The highest BCUT2D eigenvalue weighted by atomic mass is 16.2. The molecule has 2 aromatic heterocycles. The highest BCUT2D eigenvalue weighted by molar-refractivity contribution is 5.95. The first kappa shape index (κ1) is 15.3. The summed E-state index contributed by atoms with van der Waals surface area (Å²) in [6, 6.07) is 12.0. The van der Waals surface area contributed by atoms with Crippen molar-refractivity contribution in [1.29, 1.82) is 0 Å². The van der Waals surface area contributed by atoms with Gasteiger partial charge < -0.3 is 10.2 Å². The summed E-state index contributed by atoms with van der Waals surface area (Å²) in [4.78, 5) is 13.7. The number of benzene rings is 1. The molecule has 26 heavy (non-hydrogen) atoms. The minimum atomic E-state index is 0.216. The van der Waals surface area contributed by atoms with Crippen LogP contribution in [0, 0.1) is 0 Å². The van der Waals surface area contributed by atoms with Crippen molar-refractivity contribution in [1.82, 2.24) is 19.8 Å². The number of hydrogen-bond donors (Lipinski definition) is 1. The van der Waals surface area contributed by atoms with Gasteiger partial charge in [0.1, 0.15) is 5.82 Å². The van der Waals surface area contributed by atoms with E-state index in [9.17, 15) is 4.79 Å². The molecule has 0 atom stereocenters. The first-order chi connectivity index (χ1) is 12.8. The van der Waals surface area contributed by atoms with Gasteiger partial charge in [-0.1, -0.05) is 12.1 Å². The molecule has 0 radical (unpaired) electrons. The monoisotopic (exact) mass is 348 g/mol. The normalized spacial score (nSPS) is 17.2. The average Bonchev–Trinajstić information content (AvgIpc) is 3.28. The summed E-state index contributed by atoms with van der Waals surface area (Å²) in [5.41, 5.74) is 2.92. The Labute approximate surface area is 151 Å². The second-order valence-corrected chi connectivity index (χ2v) is 6.99. The first-order valence-corrected chi connectivity index (χ1v) is 9.13. The average molecular weight is 348 g/mol. The lowest BCUT2D eigenvalue weighted by Gasteiger charge is -2.16. The maximum Gasteiger partial charge on any atom is 0.227 e. The Balaban J connectivity index is 1.29. The van der Waals surface area contributed by atoms with Gasteiger partial charge in [-0.2, -0.15) is 4.52 Å². The lowest BCUT2D eigenvalue weighted by atomic mass is 10.2. The van der Waals surface area contributed by atoms with Crippen LogP contribution in [0.25, 0.3) is 5.65 Å². The van der Waals surface area contributed by atoms with Crippen molar-refractivity contribution in [3.8, 4) is 0 Å². The SMILES string of the molecule is O=C1CCCN1c1ccc(CNc2ccc3nnc(C4CC4)n3n2)cc1. The Morgan fingerprint density at radius 2 is 1.92 bits per heavy atom. The van der Waals surface area contributed by atoms with Crippen molar-refractivity contribution >= 4 is 23.1 Å². The third-order valence-electron chi connectivity index (χ3n) is 5.02. The summed E-state index contributed by atoms with van der Waals surface area (Å²) in [7, 11) is 0. The third kappa shape index (κ3) is 2.79. The number of amides is 1. The number of aromatic nitrogens is 4. The number of carbonyl (C=O) groups excluding carboxylic acids is 1. The number of anilines is 2. The van der Waals surface area contributed by atoms with Crippen LogP contribution >= 0.6 is 0 Å². The highest BCUT2D eigenvalue weighted by Crippen LogP contribution is 2.38. The summed E-state index contributed by atoms with van der Waals surface area (Å²) in [6.07, 6.45) is 3.95. The fourth-order valence-corrected chi connectivity index (χ4v) is 3.40. The van der Waals surface area contributed by atoms with Crippen LogP contribution in [0.3, 0.4) is 0 Å². The van der Waals surface area contributed by atoms with Crippen LogP contribution in [0.4, 0.5) is 11.5 Å². The Morgan fingerprint density at radius 1 is 1.08 bits per heavy atom. The lowest BCUT2D eigenvalue weighted by Crippen LogP contribution is -2.23. The fourth-order valence-electron chi connectivity index (χ4n) is 3.40. The molecule has 0 unspecified atom stereocenters. The molecule has 1 amide bonds. The van der Waals surface area contributed by atoms with Crippen molar-refractivity contribution in [2.75, 3.05) is 16.8 Å². The number of hydrogen-bond acceptors (Lipinski definition) is 5. The molecule has 1 aromatic carbocycles. The largest absolute Gasteiger partial charge is 0.365 e. The molecule has 1 N–H and O–H groups in total. The molecular weight excluding hydrogens is 328 g/mol. The van der Waals surface area contributed by atoms with E-state index >= 15 is 0 Å².